The van der Waals surface area contributed by atoms with E-state index in [9.17, 15) is 9.59 Å². The first kappa shape index (κ1) is 21.8. The van der Waals surface area contributed by atoms with Crippen LogP contribution in [-0.4, -0.2) is 78.4 Å². The van der Waals surface area contributed by atoms with Crippen molar-refractivity contribution in [3.63, 3.8) is 0 Å². The van der Waals surface area contributed by atoms with Crippen molar-refractivity contribution in [2.75, 3.05) is 51.1 Å². The average molecular weight is 401 g/mol. The second-order valence-corrected chi connectivity index (χ2v) is 8.44. The lowest BCUT2D eigenvalue weighted by molar-refractivity contribution is -0.135. The number of likely N-dealkylation sites (N-methyl/N-ethyl adjacent to an activating group) is 1. The Morgan fingerprint density at radius 2 is 1.55 bits per heavy atom. The molecule has 1 saturated carbocycles. The summed E-state index contributed by atoms with van der Waals surface area (Å²) in [4.78, 5) is 31.6. The summed E-state index contributed by atoms with van der Waals surface area (Å²) in [7, 11) is 0. The number of aryl methyl sites for hydroxylation is 1. The van der Waals surface area contributed by atoms with Crippen LogP contribution in [0.25, 0.3) is 0 Å². The number of anilines is 1. The normalized spacial score (nSPS) is 19.1. The van der Waals surface area contributed by atoms with E-state index in [1.165, 1.54) is 24.8 Å². The van der Waals surface area contributed by atoms with Gasteiger partial charge in [0.05, 0.1) is 13.1 Å². The molecule has 1 heterocycles. The van der Waals surface area contributed by atoms with Crippen LogP contribution in [0.2, 0.25) is 0 Å². The highest BCUT2D eigenvalue weighted by atomic mass is 16.2. The lowest BCUT2D eigenvalue weighted by atomic mass is 9.94. The van der Waals surface area contributed by atoms with Gasteiger partial charge in [0.25, 0.3) is 0 Å². The molecule has 1 saturated heterocycles. The van der Waals surface area contributed by atoms with E-state index < -0.39 is 0 Å². The number of nitrogens with zero attached hydrogens (tertiary/aromatic N) is 3. The molecular formula is C23H36N4O2. The molecule has 29 heavy (non-hydrogen) atoms. The minimum Gasteiger partial charge on any atom is -0.339 e. The predicted molar refractivity (Wildman–Crippen MR) is 117 cm³/mol. The molecule has 1 aromatic carbocycles. The summed E-state index contributed by atoms with van der Waals surface area (Å²) in [5, 5.41) is 2.96. The number of hydrogen-bond donors (Lipinski definition) is 1. The van der Waals surface area contributed by atoms with Crippen molar-refractivity contribution in [1.82, 2.24) is 14.7 Å². The van der Waals surface area contributed by atoms with Crippen molar-refractivity contribution >= 4 is 17.5 Å². The number of rotatable bonds is 7. The van der Waals surface area contributed by atoms with E-state index in [2.05, 4.69) is 26.9 Å². The Labute approximate surface area is 175 Å². The summed E-state index contributed by atoms with van der Waals surface area (Å²) in [6, 6.07) is 8.30. The summed E-state index contributed by atoms with van der Waals surface area (Å²) in [6.45, 7) is 9.17. The molecule has 160 valence electrons. The Kier molecular flexibility index (Phi) is 8.07. The zero-order chi connectivity index (χ0) is 20.6. The first-order valence-electron chi connectivity index (χ1n) is 11.2. The quantitative estimate of drug-likeness (QED) is 0.765. The number of nitrogens with one attached hydrogen (secondary N) is 1. The van der Waals surface area contributed by atoms with E-state index in [4.69, 9.17) is 0 Å². The third kappa shape index (κ3) is 6.54. The molecule has 6 nitrogen and oxygen atoms in total. The van der Waals surface area contributed by atoms with Crippen LogP contribution in [0, 0.1) is 6.92 Å². The largest absolute Gasteiger partial charge is 0.339 e. The number of amides is 2. The predicted octanol–water partition coefficient (Wildman–Crippen LogP) is 2.73. The molecule has 2 fully saturated rings. The summed E-state index contributed by atoms with van der Waals surface area (Å²) < 4.78 is 0. The standard InChI is InChI=1S/C23H36N4O2/c1-3-27(21-7-5-4-6-8-21)23(29)18-26-15-13-25(14-16-26)17-22(28)24-20-11-9-19(2)10-12-20/h9-12,21H,3-8,13-18H2,1-2H3,(H,24,28). The Hall–Kier alpha value is -1.92. The van der Waals surface area contributed by atoms with Crippen LogP contribution >= 0.6 is 0 Å². The topological polar surface area (TPSA) is 55.9 Å². The van der Waals surface area contributed by atoms with Crippen molar-refractivity contribution in [3.05, 3.63) is 29.8 Å². The molecule has 0 atom stereocenters. The Morgan fingerprint density at radius 3 is 2.14 bits per heavy atom. The SMILES string of the molecule is CCN(C(=O)CN1CCN(CC(=O)Nc2ccc(C)cc2)CC1)C1CCCCC1. The molecule has 0 aromatic heterocycles. The van der Waals surface area contributed by atoms with Gasteiger partial charge in [-0.05, 0) is 38.8 Å². The van der Waals surface area contributed by atoms with E-state index in [0.29, 0.717) is 19.1 Å². The van der Waals surface area contributed by atoms with Gasteiger partial charge < -0.3 is 10.2 Å². The highest BCUT2D eigenvalue weighted by molar-refractivity contribution is 5.92. The van der Waals surface area contributed by atoms with Gasteiger partial charge in [-0.15, -0.1) is 0 Å². The zero-order valence-electron chi connectivity index (χ0n) is 18.0. The maximum Gasteiger partial charge on any atom is 0.238 e. The molecule has 0 bridgehead atoms. The molecule has 3 rings (SSSR count). The molecule has 1 aliphatic carbocycles. The van der Waals surface area contributed by atoms with Crippen molar-refractivity contribution in [3.8, 4) is 0 Å². The van der Waals surface area contributed by atoms with Crippen LogP contribution in [0.15, 0.2) is 24.3 Å². The number of carbonyl (C=O) groups is 2. The highest BCUT2D eigenvalue weighted by Gasteiger charge is 2.27. The van der Waals surface area contributed by atoms with Crippen molar-refractivity contribution < 1.29 is 9.59 Å². The lowest BCUT2D eigenvalue weighted by Crippen LogP contribution is -2.52. The fourth-order valence-corrected chi connectivity index (χ4v) is 4.46. The highest BCUT2D eigenvalue weighted by Crippen LogP contribution is 2.22. The minimum atomic E-state index is 0.0211. The third-order valence-corrected chi connectivity index (χ3v) is 6.20. The van der Waals surface area contributed by atoms with E-state index in [1.807, 2.05) is 31.2 Å². The molecule has 2 amide bonds. The van der Waals surface area contributed by atoms with Crippen molar-refractivity contribution in [2.24, 2.45) is 0 Å². The minimum absolute atomic E-state index is 0.0211. The van der Waals surface area contributed by atoms with Crippen LogP contribution in [0.3, 0.4) is 0 Å². The van der Waals surface area contributed by atoms with Gasteiger partial charge in [0.15, 0.2) is 0 Å². The second kappa shape index (κ2) is 10.7. The summed E-state index contributed by atoms with van der Waals surface area (Å²) in [6.07, 6.45) is 6.12. The van der Waals surface area contributed by atoms with E-state index in [0.717, 1.165) is 51.3 Å². The fourth-order valence-electron chi connectivity index (χ4n) is 4.46. The molecule has 2 aliphatic rings. The molecule has 1 aromatic rings. The summed E-state index contributed by atoms with van der Waals surface area (Å²) >= 11 is 0. The monoisotopic (exact) mass is 400 g/mol. The van der Waals surface area contributed by atoms with E-state index in [1.54, 1.807) is 0 Å². The Balaban J connectivity index is 1.39. The van der Waals surface area contributed by atoms with Gasteiger partial charge in [0.1, 0.15) is 0 Å². The number of hydrogen-bond acceptors (Lipinski definition) is 4. The van der Waals surface area contributed by atoms with Gasteiger partial charge in [-0.25, -0.2) is 0 Å². The van der Waals surface area contributed by atoms with E-state index >= 15 is 0 Å². The maximum absolute atomic E-state index is 12.8. The van der Waals surface area contributed by atoms with Gasteiger partial charge in [0.2, 0.25) is 11.8 Å². The van der Waals surface area contributed by atoms with Gasteiger partial charge in [-0.1, -0.05) is 37.0 Å². The molecule has 0 spiro atoms. The van der Waals surface area contributed by atoms with Gasteiger partial charge in [-0.3, -0.25) is 19.4 Å². The maximum atomic E-state index is 12.8. The van der Waals surface area contributed by atoms with Crippen molar-refractivity contribution in [2.45, 2.75) is 52.0 Å². The van der Waals surface area contributed by atoms with E-state index in [-0.39, 0.29) is 11.8 Å². The zero-order valence-corrected chi connectivity index (χ0v) is 18.0. The van der Waals surface area contributed by atoms with Gasteiger partial charge in [0, 0.05) is 44.5 Å². The molecular weight excluding hydrogens is 364 g/mol. The van der Waals surface area contributed by atoms with Crippen molar-refractivity contribution in [1.29, 1.82) is 0 Å². The molecule has 0 unspecified atom stereocenters. The average Bonchev–Trinajstić information content (AvgIpc) is 2.72. The van der Waals surface area contributed by atoms with Crippen LogP contribution < -0.4 is 5.32 Å². The molecule has 1 N–H and O–H groups in total. The fraction of sp³-hybridized carbons (Fsp3) is 0.652. The second-order valence-electron chi connectivity index (χ2n) is 8.44. The number of carbonyl (C=O) groups excluding carboxylic acids is 2. The Morgan fingerprint density at radius 1 is 0.966 bits per heavy atom. The van der Waals surface area contributed by atoms with Gasteiger partial charge in [-0.2, -0.15) is 0 Å². The van der Waals surface area contributed by atoms with Crippen LogP contribution in [0.1, 0.15) is 44.6 Å². The first-order chi connectivity index (χ1) is 14.0. The molecule has 6 heteroatoms. The first-order valence-corrected chi connectivity index (χ1v) is 11.2. The number of benzene rings is 1. The summed E-state index contributed by atoms with van der Waals surface area (Å²) in [5.41, 5.74) is 2.02. The lowest BCUT2D eigenvalue weighted by Gasteiger charge is -2.37. The van der Waals surface area contributed by atoms with Crippen LogP contribution in [0.4, 0.5) is 5.69 Å². The van der Waals surface area contributed by atoms with Crippen LogP contribution in [-0.2, 0) is 9.59 Å². The third-order valence-electron chi connectivity index (χ3n) is 6.20. The smallest absolute Gasteiger partial charge is 0.238 e. The van der Waals surface area contributed by atoms with Crippen LogP contribution in [0.5, 0.6) is 0 Å². The Bertz CT molecular complexity index is 662. The number of piperazine rings is 1. The summed E-state index contributed by atoms with van der Waals surface area (Å²) in [5.74, 6) is 0.290. The molecule has 1 aliphatic heterocycles. The van der Waals surface area contributed by atoms with Gasteiger partial charge >= 0.3 is 0 Å². The molecule has 0 radical (unpaired) electrons.